The first kappa shape index (κ1) is 13.4. The lowest BCUT2D eigenvalue weighted by atomic mass is 9.79. The Kier molecular flexibility index (Phi) is 4.28. The monoisotopic (exact) mass is 247 g/mol. The molecule has 0 heterocycles. The van der Waals surface area contributed by atoms with Gasteiger partial charge >= 0.3 is 0 Å². The van der Waals surface area contributed by atoms with Crippen LogP contribution in [0.15, 0.2) is 18.2 Å². The minimum Gasteiger partial charge on any atom is -0.496 e. The van der Waals surface area contributed by atoms with E-state index in [1.165, 1.54) is 17.5 Å². The van der Waals surface area contributed by atoms with Crippen LogP contribution in [-0.4, -0.2) is 31.1 Å². The van der Waals surface area contributed by atoms with Gasteiger partial charge in [-0.3, -0.25) is 0 Å². The summed E-state index contributed by atoms with van der Waals surface area (Å²) < 4.78 is 5.50. The average Bonchev–Trinajstić information content (AvgIpc) is 2.42. The Morgan fingerprint density at radius 1 is 1.28 bits per heavy atom. The van der Waals surface area contributed by atoms with E-state index in [9.17, 15) is 0 Å². The SMILES string of the molecule is CCN(CC)[C@@H]1CCc2c(OC)cccc2[C@@H]1C. The Morgan fingerprint density at radius 2 is 2.00 bits per heavy atom. The Bertz CT molecular complexity index is 398. The third kappa shape index (κ3) is 2.26. The van der Waals surface area contributed by atoms with Gasteiger partial charge in [-0.1, -0.05) is 32.9 Å². The van der Waals surface area contributed by atoms with E-state index in [4.69, 9.17) is 4.74 Å². The molecule has 0 amide bonds. The molecule has 0 spiro atoms. The van der Waals surface area contributed by atoms with Crippen LogP contribution in [0.4, 0.5) is 0 Å². The van der Waals surface area contributed by atoms with Crippen molar-refractivity contribution in [3.05, 3.63) is 29.3 Å². The van der Waals surface area contributed by atoms with E-state index in [-0.39, 0.29) is 0 Å². The Labute approximate surface area is 111 Å². The summed E-state index contributed by atoms with van der Waals surface area (Å²) in [5.41, 5.74) is 2.91. The van der Waals surface area contributed by atoms with E-state index in [1.54, 1.807) is 7.11 Å². The summed E-state index contributed by atoms with van der Waals surface area (Å²) in [6.45, 7) is 9.17. The van der Waals surface area contributed by atoms with E-state index < -0.39 is 0 Å². The third-order valence-electron chi connectivity index (χ3n) is 4.43. The molecular weight excluding hydrogens is 222 g/mol. The highest BCUT2D eigenvalue weighted by atomic mass is 16.5. The van der Waals surface area contributed by atoms with Crippen molar-refractivity contribution in [2.24, 2.45) is 0 Å². The highest BCUT2D eigenvalue weighted by molar-refractivity contribution is 5.44. The van der Waals surface area contributed by atoms with Crippen molar-refractivity contribution in [3.63, 3.8) is 0 Å². The second-order valence-electron chi connectivity index (χ2n) is 5.14. The van der Waals surface area contributed by atoms with Gasteiger partial charge in [-0.15, -0.1) is 0 Å². The molecule has 2 nitrogen and oxygen atoms in total. The van der Waals surface area contributed by atoms with Gasteiger partial charge in [0.05, 0.1) is 7.11 Å². The first-order chi connectivity index (χ1) is 8.72. The molecule has 0 unspecified atom stereocenters. The minimum absolute atomic E-state index is 0.601. The van der Waals surface area contributed by atoms with Crippen LogP contribution in [0, 0.1) is 0 Å². The van der Waals surface area contributed by atoms with Gasteiger partial charge in [-0.25, -0.2) is 0 Å². The van der Waals surface area contributed by atoms with Crippen molar-refractivity contribution in [2.45, 2.75) is 45.6 Å². The summed E-state index contributed by atoms with van der Waals surface area (Å²) in [6, 6.07) is 7.17. The second-order valence-corrected chi connectivity index (χ2v) is 5.14. The summed E-state index contributed by atoms with van der Waals surface area (Å²) in [6.07, 6.45) is 2.39. The first-order valence-electron chi connectivity index (χ1n) is 7.12. The zero-order valence-corrected chi connectivity index (χ0v) is 12.1. The normalized spacial score (nSPS) is 22.9. The Hall–Kier alpha value is -1.02. The number of fused-ring (bicyclic) bond motifs is 1. The van der Waals surface area contributed by atoms with Crippen molar-refractivity contribution in [1.29, 1.82) is 0 Å². The van der Waals surface area contributed by atoms with E-state index in [0.717, 1.165) is 25.3 Å². The van der Waals surface area contributed by atoms with E-state index in [2.05, 4.69) is 43.9 Å². The maximum Gasteiger partial charge on any atom is 0.122 e. The standard InChI is InChI=1S/C16H25NO/c1-5-17(6-2)15-11-10-14-13(12(15)3)8-7-9-16(14)18-4/h7-9,12,15H,5-6,10-11H2,1-4H3/t12-,15+/m0/s1. The van der Waals surface area contributed by atoms with E-state index in [1.807, 2.05) is 0 Å². The molecule has 0 aliphatic heterocycles. The largest absolute Gasteiger partial charge is 0.496 e. The molecule has 0 N–H and O–H groups in total. The average molecular weight is 247 g/mol. The summed E-state index contributed by atoms with van der Waals surface area (Å²) >= 11 is 0. The van der Waals surface area contributed by atoms with Crippen molar-refractivity contribution in [3.8, 4) is 5.75 Å². The molecule has 1 aliphatic rings. The van der Waals surface area contributed by atoms with Crippen LogP contribution < -0.4 is 4.74 Å². The number of benzene rings is 1. The number of hydrogen-bond acceptors (Lipinski definition) is 2. The lowest BCUT2D eigenvalue weighted by molar-refractivity contribution is 0.174. The van der Waals surface area contributed by atoms with Gasteiger partial charge in [-0.05, 0) is 49.0 Å². The zero-order valence-electron chi connectivity index (χ0n) is 12.1. The molecule has 18 heavy (non-hydrogen) atoms. The fourth-order valence-corrected chi connectivity index (χ4v) is 3.41. The van der Waals surface area contributed by atoms with E-state index in [0.29, 0.717) is 12.0 Å². The van der Waals surface area contributed by atoms with Gasteiger partial charge in [0, 0.05) is 6.04 Å². The van der Waals surface area contributed by atoms with E-state index >= 15 is 0 Å². The lowest BCUT2D eigenvalue weighted by Crippen LogP contribution is -2.41. The summed E-state index contributed by atoms with van der Waals surface area (Å²) in [5.74, 6) is 1.67. The molecule has 100 valence electrons. The number of rotatable bonds is 4. The maximum absolute atomic E-state index is 5.50. The number of ether oxygens (including phenoxy) is 1. The molecule has 1 aliphatic carbocycles. The van der Waals surface area contributed by atoms with Gasteiger partial charge in [0.2, 0.25) is 0 Å². The predicted molar refractivity (Wildman–Crippen MR) is 76.4 cm³/mol. The molecule has 0 fully saturated rings. The summed E-state index contributed by atoms with van der Waals surface area (Å²) in [7, 11) is 1.77. The summed E-state index contributed by atoms with van der Waals surface area (Å²) in [4.78, 5) is 2.59. The molecule has 1 aromatic carbocycles. The Balaban J connectivity index is 2.31. The van der Waals surface area contributed by atoms with Gasteiger partial charge in [-0.2, -0.15) is 0 Å². The maximum atomic E-state index is 5.50. The molecule has 0 saturated carbocycles. The van der Waals surface area contributed by atoms with Gasteiger partial charge in [0.15, 0.2) is 0 Å². The zero-order chi connectivity index (χ0) is 13.1. The van der Waals surface area contributed by atoms with Crippen LogP contribution in [0.1, 0.15) is 44.2 Å². The topological polar surface area (TPSA) is 12.5 Å². The van der Waals surface area contributed by atoms with Crippen molar-refractivity contribution in [1.82, 2.24) is 4.90 Å². The minimum atomic E-state index is 0.601. The van der Waals surface area contributed by atoms with Crippen LogP contribution >= 0.6 is 0 Å². The Morgan fingerprint density at radius 3 is 2.61 bits per heavy atom. The quantitative estimate of drug-likeness (QED) is 0.808. The molecule has 1 aromatic rings. The highest BCUT2D eigenvalue weighted by Crippen LogP contribution is 2.38. The number of hydrogen-bond donors (Lipinski definition) is 0. The summed E-state index contributed by atoms with van der Waals surface area (Å²) in [5, 5.41) is 0. The van der Waals surface area contributed by atoms with Crippen LogP contribution in [0.3, 0.4) is 0 Å². The lowest BCUT2D eigenvalue weighted by Gasteiger charge is -2.39. The van der Waals surface area contributed by atoms with Gasteiger partial charge in [0.1, 0.15) is 5.75 Å². The number of methoxy groups -OCH3 is 1. The fourth-order valence-electron chi connectivity index (χ4n) is 3.41. The smallest absolute Gasteiger partial charge is 0.122 e. The van der Waals surface area contributed by atoms with Crippen molar-refractivity contribution >= 4 is 0 Å². The molecule has 0 aromatic heterocycles. The molecule has 2 heteroatoms. The van der Waals surface area contributed by atoms with Crippen LogP contribution in [0.2, 0.25) is 0 Å². The second kappa shape index (κ2) is 5.75. The van der Waals surface area contributed by atoms with Gasteiger partial charge in [0.25, 0.3) is 0 Å². The predicted octanol–water partition coefficient (Wildman–Crippen LogP) is 3.46. The van der Waals surface area contributed by atoms with Crippen LogP contribution in [-0.2, 0) is 6.42 Å². The van der Waals surface area contributed by atoms with Crippen molar-refractivity contribution < 1.29 is 4.74 Å². The molecule has 2 atom stereocenters. The molecule has 0 saturated heterocycles. The van der Waals surface area contributed by atoms with Crippen molar-refractivity contribution in [2.75, 3.05) is 20.2 Å². The molecule has 2 rings (SSSR count). The number of nitrogens with zero attached hydrogens (tertiary/aromatic N) is 1. The number of likely N-dealkylation sites (N-methyl/N-ethyl adjacent to an activating group) is 1. The van der Waals surface area contributed by atoms with Gasteiger partial charge < -0.3 is 9.64 Å². The molecule has 0 bridgehead atoms. The molecular formula is C16H25NO. The molecule has 0 radical (unpaired) electrons. The fraction of sp³-hybridized carbons (Fsp3) is 0.625. The van der Waals surface area contributed by atoms with Crippen LogP contribution in [0.25, 0.3) is 0 Å². The first-order valence-corrected chi connectivity index (χ1v) is 7.12. The third-order valence-corrected chi connectivity index (χ3v) is 4.43. The highest BCUT2D eigenvalue weighted by Gasteiger charge is 2.30. The van der Waals surface area contributed by atoms with Crippen LogP contribution in [0.5, 0.6) is 5.75 Å².